The van der Waals surface area contributed by atoms with Crippen molar-refractivity contribution in [3.05, 3.63) is 231 Å². The molecule has 0 N–H and O–H groups in total. The second-order valence-corrected chi connectivity index (χ2v) is 15.1. The van der Waals surface area contributed by atoms with E-state index in [9.17, 15) is 0 Å². The predicted octanol–water partition coefficient (Wildman–Crippen LogP) is 15.3. The van der Waals surface area contributed by atoms with E-state index in [-0.39, 0.29) is 0 Å². The van der Waals surface area contributed by atoms with E-state index in [1.165, 1.54) is 54.6 Å². The van der Waals surface area contributed by atoms with Crippen LogP contribution in [-0.4, -0.2) is 9.97 Å². The first kappa shape index (κ1) is 35.1. The second kappa shape index (κ2) is 15.0. The summed E-state index contributed by atoms with van der Waals surface area (Å²) in [5, 5.41) is 7.49. The van der Waals surface area contributed by atoms with Crippen molar-refractivity contribution in [1.82, 2.24) is 9.97 Å². The lowest BCUT2D eigenvalue weighted by atomic mass is 9.84. The van der Waals surface area contributed by atoms with Crippen LogP contribution >= 0.6 is 0 Å². The average molecular weight is 767 g/mol. The van der Waals surface area contributed by atoms with Gasteiger partial charge in [0.05, 0.1) is 11.9 Å². The molecule has 0 atom stereocenters. The third-order valence-corrected chi connectivity index (χ3v) is 11.6. The monoisotopic (exact) mass is 766 g/mol. The van der Waals surface area contributed by atoms with Gasteiger partial charge in [0.25, 0.3) is 0 Å². The van der Waals surface area contributed by atoms with Crippen molar-refractivity contribution in [2.24, 2.45) is 0 Å². The van der Waals surface area contributed by atoms with E-state index in [2.05, 4.69) is 214 Å². The summed E-state index contributed by atoms with van der Waals surface area (Å²) in [6.07, 6.45) is 7.50. The number of aromatic nitrogens is 2. The van der Waals surface area contributed by atoms with Gasteiger partial charge in [-0.2, -0.15) is 0 Å². The first-order valence-corrected chi connectivity index (χ1v) is 20.3. The van der Waals surface area contributed by atoms with Gasteiger partial charge in [-0.05, 0) is 157 Å². The number of hydrogen-bond acceptors (Lipinski definition) is 4. The molecule has 0 radical (unpaired) electrons. The Hall–Kier alpha value is -8.08. The Morgan fingerprint density at radius 2 is 0.717 bits per heavy atom. The van der Waals surface area contributed by atoms with E-state index in [1.54, 1.807) is 0 Å². The van der Waals surface area contributed by atoms with Gasteiger partial charge in [-0.25, -0.2) is 0 Å². The largest absolute Gasteiger partial charge is 0.311 e. The molecule has 4 heteroatoms. The zero-order chi connectivity index (χ0) is 39.8. The topological polar surface area (TPSA) is 32.3 Å². The van der Waals surface area contributed by atoms with Crippen LogP contribution in [0.5, 0.6) is 0 Å². The maximum Gasteiger partial charge on any atom is 0.0644 e. The van der Waals surface area contributed by atoms with Crippen LogP contribution < -0.4 is 9.80 Å². The van der Waals surface area contributed by atoms with Gasteiger partial charge in [-0.15, -0.1) is 0 Å². The van der Waals surface area contributed by atoms with E-state index in [4.69, 9.17) is 0 Å². The number of hydrogen-bond donors (Lipinski definition) is 0. The van der Waals surface area contributed by atoms with Crippen LogP contribution in [0.15, 0.2) is 231 Å². The molecular weight excluding hydrogens is 729 g/mol. The Morgan fingerprint density at radius 1 is 0.283 bits per heavy atom. The van der Waals surface area contributed by atoms with Crippen molar-refractivity contribution >= 4 is 66.4 Å². The SMILES string of the molecule is c1ccc(N(c2ccccc2)c2ccc(-c3ccc4ccc5c(-c6ccc(N(c7ccccc7)c7cccnc7)cc6)cc(-c6ccncc6)c6ccc3c4c56)cc2)cc1. The second-order valence-electron chi connectivity index (χ2n) is 15.1. The van der Waals surface area contributed by atoms with Crippen LogP contribution in [0.25, 0.3) is 65.7 Å². The fourth-order valence-corrected chi connectivity index (χ4v) is 8.85. The Kier molecular flexibility index (Phi) is 8.79. The summed E-state index contributed by atoms with van der Waals surface area (Å²) in [7, 11) is 0. The summed E-state index contributed by atoms with van der Waals surface area (Å²) in [6.45, 7) is 0. The zero-order valence-electron chi connectivity index (χ0n) is 32.7. The molecule has 0 amide bonds. The lowest BCUT2D eigenvalue weighted by Gasteiger charge is -2.25. The van der Waals surface area contributed by atoms with E-state index < -0.39 is 0 Å². The number of nitrogens with zero attached hydrogens (tertiary/aromatic N) is 4. The standard InChI is InChI=1S/C56H38N4/c1-4-11-43(12-5-1)59(44-13-6-2-7-14-44)46-24-18-39(19-25-46)49-28-22-42-23-29-51-53(37-54(41-32-35-57-36-33-41)52-31-30-50(49)55(42)56(51)52)40-20-26-47(27-21-40)60(45-15-8-3-9-16-45)48-17-10-34-58-38-48/h1-38H. The number of benzene rings is 9. The first-order valence-electron chi connectivity index (χ1n) is 20.3. The molecule has 11 rings (SSSR count). The molecule has 0 saturated heterocycles. The smallest absolute Gasteiger partial charge is 0.0644 e. The Labute approximate surface area is 349 Å². The van der Waals surface area contributed by atoms with Crippen molar-refractivity contribution in [3.8, 4) is 33.4 Å². The highest BCUT2D eigenvalue weighted by atomic mass is 15.1. The predicted molar refractivity (Wildman–Crippen MR) is 251 cm³/mol. The molecule has 4 nitrogen and oxygen atoms in total. The van der Waals surface area contributed by atoms with Crippen LogP contribution in [-0.2, 0) is 0 Å². The molecule has 0 unspecified atom stereocenters. The van der Waals surface area contributed by atoms with Crippen molar-refractivity contribution < 1.29 is 0 Å². The first-order chi connectivity index (χ1) is 29.8. The molecule has 0 aliphatic rings. The highest BCUT2D eigenvalue weighted by Crippen LogP contribution is 2.47. The molecule has 60 heavy (non-hydrogen) atoms. The Bertz CT molecular complexity index is 3130. The summed E-state index contributed by atoms with van der Waals surface area (Å²) in [5.74, 6) is 0. The lowest BCUT2D eigenvalue weighted by molar-refractivity contribution is 1.23. The third-order valence-electron chi connectivity index (χ3n) is 11.6. The van der Waals surface area contributed by atoms with Gasteiger partial charge >= 0.3 is 0 Å². The number of rotatable bonds is 9. The van der Waals surface area contributed by atoms with Crippen LogP contribution in [0, 0.1) is 0 Å². The quantitative estimate of drug-likeness (QED) is 0.137. The molecule has 282 valence electrons. The Balaban J connectivity index is 1.06. The number of para-hydroxylation sites is 3. The number of anilines is 6. The summed E-state index contributed by atoms with van der Waals surface area (Å²) in [4.78, 5) is 13.4. The fourth-order valence-electron chi connectivity index (χ4n) is 8.85. The summed E-state index contributed by atoms with van der Waals surface area (Å²) < 4.78 is 0. The van der Waals surface area contributed by atoms with Gasteiger partial charge < -0.3 is 9.80 Å². The summed E-state index contributed by atoms with van der Waals surface area (Å²) >= 11 is 0. The highest BCUT2D eigenvalue weighted by molar-refractivity contribution is 6.30. The van der Waals surface area contributed by atoms with Crippen LogP contribution in [0.4, 0.5) is 34.1 Å². The lowest BCUT2D eigenvalue weighted by Crippen LogP contribution is -2.09. The van der Waals surface area contributed by atoms with Crippen LogP contribution in [0.2, 0.25) is 0 Å². The minimum atomic E-state index is 1.01. The van der Waals surface area contributed by atoms with Gasteiger partial charge in [-0.3, -0.25) is 9.97 Å². The normalized spacial score (nSPS) is 11.3. The van der Waals surface area contributed by atoms with Crippen molar-refractivity contribution in [2.75, 3.05) is 9.80 Å². The fraction of sp³-hybridized carbons (Fsp3) is 0. The van der Waals surface area contributed by atoms with Gasteiger partial charge in [0.1, 0.15) is 0 Å². The third kappa shape index (κ3) is 6.19. The average Bonchev–Trinajstić information content (AvgIpc) is 3.33. The molecule has 0 bridgehead atoms. The van der Waals surface area contributed by atoms with Gasteiger partial charge in [-0.1, -0.05) is 115 Å². The van der Waals surface area contributed by atoms with E-state index >= 15 is 0 Å². The molecule has 2 aromatic heterocycles. The maximum absolute atomic E-state index is 4.45. The maximum atomic E-state index is 4.45. The molecule has 0 saturated carbocycles. The molecule has 0 spiro atoms. The van der Waals surface area contributed by atoms with Crippen molar-refractivity contribution in [2.45, 2.75) is 0 Å². The molecule has 9 aromatic carbocycles. The van der Waals surface area contributed by atoms with Gasteiger partial charge in [0.15, 0.2) is 0 Å². The molecule has 0 aliphatic heterocycles. The summed E-state index contributed by atoms with van der Waals surface area (Å²) in [5.41, 5.74) is 13.6. The highest BCUT2D eigenvalue weighted by Gasteiger charge is 2.20. The molecule has 0 fully saturated rings. The van der Waals surface area contributed by atoms with Crippen LogP contribution in [0.1, 0.15) is 0 Å². The van der Waals surface area contributed by atoms with E-state index in [1.807, 2.05) is 36.9 Å². The van der Waals surface area contributed by atoms with Crippen molar-refractivity contribution in [3.63, 3.8) is 0 Å². The molecular formula is C56H38N4. The minimum Gasteiger partial charge on any atom is -0.311 e. The van der Waals surface area contributed by atoms with E-state index in [0.717, 1.165) is 45.3 Å². The number of pyridine rings is 2. The van der Waals surface area contributed by atoms with Crippen LogP contribution in [0.3, 0.4) is 0 Å². The van der Waals surface area contributed by atoms with Gasteiger partial charge in [0, 0.05) is 47.0 Å². The van der Waals surface area contributed by atoms with Crippen molar-refractivity contribution in [1.29, 1.82) is 0 Å². The van der Waals surface area contributed by atoms with Gasteiger partial charge in [0.2, 0.25) is 0 Å². The zero-order valence-corrected chi connectivity index (χ0v) is 32.7. The minimum absolute atomic E-state index is 1.01. The summed E-state index contributed by atoms with van der Waals surface area (Å²) in [6, 6.07) is 74.1. The molecule has 11 aromatic rings. The Morgan fingerprint density at radius 3 is 1.25 bits per heavy atom. The van der Waals surface area contributed by atoms with E-state index in [0.29, 0.717) is 0 Å². The molecule has 0 aliphatic carbocycles. The molecule has 2 heterocycles.